The van der Waals surface area contributed by atoms with Crippen molar-refractivity contribution in [3.05, 3.63) is 58.6 Å². The molecule has 1 N–H and O–H groups in total. The minimum atomic E-state index is -0.201. The number of nitrogens with one attached hydrogen (secondary N) is 1. The number of hydrogen-bond acceptors (Lipinski definition) is 4. The van der Waals surface area contributed by atoms with Crippen molar-refractivity contribution < 1.29 is 14.3 Å². The summed E-state index contributed by atoms with van der Waals surface area (Å²) in [4.78, 5) is 28.8. The molecule has 0 bridgehead atoms. The van der Waals surface area contributed by atoms with Crippen molar-refractivity contribution in [2.45, 2.75) is 25.4 Å². The van der Waals surface area contributed by atoms with Gasteiger partial charge >= 0.3 is 0 Å². The minimum absolute atomic E-state index is 0.0149. The van der Waals surface area contributed by atoms with Crippen molar-refractivity contribution in [2.24, 2.45) is 0 Å². The summed E-state index contributed by atoms with van der Waals surface area (Å²) in [6, 6.07) is 16.0. The Morgan fingerprint density at radius 3 is 2.66 bits per heavy atom. The molecule has 7 heteroatoms. The second-order valence-corrected chi connectivity index (χ2v) is 8.40. The number of carbonyl (C=O) groups excluding carboxylic acids is 2. The first kappa shape index (κ1) is 19.9. The number of benzene rings is 2. The van der Waals surface area contributed by atoms with Gasteiger partial charge in [0.05, 0.1) is 5.69 Å². The van der Waals surface area contributed by atoms with Crippen LogP contribution in [0.25, 0.3) is 0 Å². The first-order valence-electron chi connectivity index (χ1n) is 9.87. The van der Waals surface area contributed by atoms with E-state index in [4.69, 9.17) is 4.74 Å². The number of amides is 2. The average molecular weight is 458 g/mol. The van der Waals surface area contributed by atoms with E-state index in [1.807, 2.05) is 18.2 Å². The molecule has 1 saturated heterocycles. The number of piperidine rings is 1. The molecule has 0 unspecified atom stereocenters. The second-order valence-electron chi connectivity index (χ2n) is 7.48. The van der Waals surface area contributed by atoms with Crippen LogP contribution in [0.5, 0.6) is 5.75 Å². The molecular formula is C22H24BrN3O3. The molecule has 4 rings (SSSR count). The molecule has 2 aromatic carbocycles. The fourth-order valence-corrected chi connectivity index (χ4v) is 4.19. The first-order valence-corrected chi connectivity index (χ1v) is 10.7. The topological polar surface area (TPSA) is 61.9 Å². The minimum Gasteiger partial charge on any atom is -0.482 e. The number of anilines is 1. The van der Waals surface area contributed by atoms with Gasteiger partial charge in [0, 0.05) is 30.1 Å². The SMILES string of the molecule is O=C(CN1C(=O)COc2cc(Br)ccc21)NC1CCN(Cc2ccccc2)CC1. The number of ether oxygens (including phenoxy) is 1. The summed E-state index contributed by atoms with van der Waals surface area (Å²) in [5.74, 6) is 0.282. The van der Waals surface area contributed by atoms with Crippen molar-refractivity contribution in [1.82, 2.24) is 10.2 Å². The van der Waals surface area contributed by atoms with Gasteiger partial charge in [-0.05, 0) is 36.6 Å². The molecule has 152 valence electrons. The second kappa shape index (κ2) is 8.97. The molecule has 2 amide bonds. The standard InChI is InChI=1S/C22H24BrN3O3/c23-17-6-7-19-20(12-17)29-15-22(28)26(19)14-21(27)24-18-8-10-25(11-9-18)13-16-4-2-1-3-5-16/h1-7,12,18H,8-11,13-15H2,(H,24,27). The fourth-order valence-electron chi connectivity index (χ4n) is 3.85. The lowest BCUT2D eigenvalue weighted by atomic mass is 10.0. The van der Waals surface area contributed by atoms with E-state index >= 15 is 0 Å². The molecular weight excluding hydrogens is 434 g/mol. The number of fused-ring (bicyclic) bond motifs is 1. The highest BCUT2D eigenvalue weighted by atomic mass is 79.9. The van der Waals surface area contributed by atoms with Gasteiger partial charge in [-0.25, -0.2) is 0 Å². The Balaban J connectivity index is 1.29. The summed E-state index contributed by atoms with van der Waals surface area (Å²) < 4.78 is 6.35. The molecule has 0 saturated carbocycles. The van der Waals surface area contributed by atoms with Crippen LogP contribution in [0.4, 0.5) is 5.69 Å². The molecule has 1 fully saturated rings. The number of halogens is 1. The molecule has 2 aliphatic heterocycles. The van der Waals surface area contributed by atoms with Crippen LogP contribution in [0.1, 0.15) is 18.4 Å². The number of hydrogen-bond donors (Lipinski definition) is 1. The third-order valence-electron chi connectivity index (χ3n) is 5.37. The molecule has 29 heavy (non-hydrogen) atoms. The maximum Gasteiger partial charge on any atom is 0.265 e. The van der Waals surface area contributed by atoms with Crippen molar-refractivity contribution >= 4 is 33.4 Å². The van der Waals surface area contributed by atoms with E-state index in [1.54, 1.807) is 6.07 Å². The van der Waals surface area contributed by atoms with Crippen LogP contribution < -0.4 is 15.0 Å². The smallest absolute Gasteiger partial charge is 0.265 e. The van der Waals surface area contributed by atoms with Crippen LogP contribution >= 0.6 is 15.9 Å². The molecule has 2 heterocycles. The van der Waals surface area contributed by atoms with Gasteiger partial charge in [0.15, 0.2) is 6.61 Å². The van der Waals surface area contributed by atoms with Gasteiger partial charge < -0.3 is 10.1 Å². The fraction of sp³-hybridized carbons (Fsp3) is 0.364. The Kier molecular flexibility index (Phi) is 6.16. The summed E-state index contributed by atoms with van der Waals surface area (Å²) in [7, 11) is 0. The monoisotopic (exact) mass is 457 g/mol. The maximum atomic E-state index is 12.6. The van der Waals surface area contributed by atoms with Crippen molar-refractivity contribution in [3.63, 3.8) is 0 Å². The van der Waals surface area contributed by atoms with Gasteiger partial charge in [0.1, 0.15) is 12.3 Å². The van der Waals surface area contributed by atoms with Crippen LogP contribution in [-0.2, 0) is 16.1 Å². The van der Waals surface area contributed by atoms with Crippen LogP contribution in [0, 0.1) is 0 Å². The lowest BCUT2D eigenvalue weighted by molar-refractivity contribution is -0.125. The number of rotatable bonds is 5. The largest absolute Gasteiger partial charge is 0.482 e. The summed E-state index contributed by atoms with van der Waals surface area (Å²) in [6.45, 7) is 2.81. The first-order chi connectivity index (χ1) is 14.1. The van der Waals surface area contributed by atoms with E-state index in [0.717, 1.165) is 36.9 Å². The Labute approximate surface area is 178 Å². The normalized spacial score (nSPS) is 17.6. The van der Waals surface area contributed by atoms with Crippen molar-refractivity contribution in [1.29, 1.82) is 0 Å². The average Bonchev–Trinajstić information content (AvgIpc) is 2.72. The van der Waals surface area contributed by atoms with Gasteiger partial charge in [-0.15, -0.1) is 0 Å². The molecule has 2 aromatic rings. The van der Waals surface area contributed by atoms with Crippen molar-refractivity contribution in [3.8, 4) is 5.75 Å². The molecule has 0 atom stereocenters. The highest BCUT2D eigenvalue weighted by Crippen LogP contribution is 2.34. The Morgan fingerprint density at radius 1 is 1.14 bits per heavy atom. The highest BCUT2D eigenvalue weighted by molar-refractivity contribution is 9.10. The quantitative estimate of drug-likeness (QED) is 0.749. The van der Waals surface area contributed by atoms with E-state index in [9.17, 15) is 9.59 Å². The van der Waals surface area contributed by atoms with E-state index < -0.39 is 0 Å². The summed E-state index contributed by atoms with van der Waals surface area (Å²) >= 11 is 3.40. The molecule has 0 spiro atoms. The van der Waals surface area contributed by atoms with Gasteiger partial charge in [-0.1, -0.05) is 46.3 Å². The van der Waals surface area contributed by atoms with Crippen molar-refractivity contribution in [2.75, 3.05) is 31.1 Å². The lowest BCUT2D eigenvalue weighted by Gasteiger charge is -2.33. The van der Waals surface area contributed by atoms with Crippen LogP contribution in [0.3, 0.4) is 0 Å². The van der Waals surface area contributed by atoms with Gasteiger partial charge in [-0.3, -0.25) is 19.4 Å². The number of likely N-dealkylation sites (tertiary alicyclic amines) is 1. The third kappa shape index (κ3) is 4.97. The molecule has 0 radical (unpaired) electrons. The summed E-state index contributed by atoms with van der Waals surface area (Å²) in [6.07, 6.45) is 1.83. The number of carbonyl (C=O) groups is 2. The number of nitrogens with zero attached hydrogens (tertiary/aromatic N) is 2. The lowest BCUT2D eigenvalue weighted by Crippen LogP contribution is -2.49. The predicted molar refractivity (Wildman–Crippen MR) is 115 cm³/mol. The highest BCUT2D eigenvalue weighted by Gasteiger charge is 2.28. The van der Waals surface area contributed by atoms with Crippen LogP contribution in [0.15, 0.2) is 53.0 Å². The van der Waals surface area contributed by atoms with Crippen LogP contribution in [-0.4, -0.2) is 49.0 Å². The van der Waals surface area contributed by atoms with Gasteiger partial charge in [0.2, 0.25) is 5.91 Å². The van der Waals surface area contributed by atoms with E-state index in [0.29, 0.717) is 11.4 Å². The van der Waals surface area contributed by atoms with E-state index in [2.05, 4.69) is 50.4 Å². The van der Waals surface area contributed by atoms with E-state index in [1.165, 1.54) is 10.5 Å². The maximum absolute atomic E-state index is 12.6. The summed E-state index contributed by atoms with van der Waals surface area (Å²) in [5, 5.41) is 3.10. The summed E-state index contributed by atoms with van der Waals surface area (Å²) in [5.41, 5.74) is 1.95. The third-order valence-corrected chi connectivity index (χ3v) is 5.86. The zero-order chi connectivity index (χ0) is 20.2. The van der Waals surface area contributed by atoms with E-state index in [-0.39, 0.29) is 31.0 Å². The zero-order valence-electron chi connectivity index (χ0n) is 16.1. The molecule has 2 aliphatic rings. The molecule has 0 aromatic heterocycles. The molecule has 6 nitrogen and oxygen atoms in total. The van der Waals surface area contributed by atoms with Gasteiger partial charge in [0.25, 0.3) is 5.91 Å². The van der Waals surface area contributed by atoms with Crippen LogP contribution in [0.2, 0.25) is 0 Å². The molecule has 0 aliphatic carbocycles. The Morgan fingerprint density at radius 2 is 1.90 bits per heavy atom. The Bertz CT molecular complexity index is 882. The zero-order valence-corrected chi connectivity index (χ0v) is 17.7. The predicted octanol–water partition coefficient (Wildman–Crippen LogP) is 2.96. The Hall–Kier alpha value is -2.38. The van der Waals surface area contributed by atoms with Gasteiger partial charge in [-0.2, -0.15) is 0 Å².